The van der Waals surface area contributed by atoms with Crippen molar-refractivity contribution in [3.05, 3.63) is 136 Å². The van der Waals surface area contributed by atoms with E-state index >= 15 is 0 Å². The van der Waals surface area contributed by atoms with Gasteiger partial charge in [0.25, 0.3) is 0 Å². The molecule has 0 fully saturated rings. The number of aldehydes is 1. The molecule has 0 aliphatic carbocycles. The first-order chi connectivity index (χ1) is 23.8. The van der Waals surface area contributed by atoms with Gasteiger partial charge in [-0.05, 0) is 86.5 Å². The molecule has 0 saturated heterocycles. The van der Waals surface area contributed by atoms with E-state index in [0.29, 0.717) is 43.8 Å². The summed E-state index contributed by atoms with van der Waals surface area (Å²) >= 11 is 5.36. The van der Waals surface area contributed by atoms with E-state index < -0.39 is 26.2 Å². The average molecular weight is 707 g/mol. The molecule has 0 bridgehead atoms. The molecule has 2 atom stereocenters. The maximum absolute atomic E-state index is 12.4. The molecule has 0 aliphatic rings. The summed E-state index contributed by atoms with van der Waals surface area (Å²) < 4.78 is 30.4. The van der Waals surface area contributed by atoms with Crippen LogP contribution in [0.3, 0.4) is 0 Å². The van der Waals surface area contributed by atoms with Crippen molar-refractivity contribution in [2.45, 2.75) is 38.6 Å². The lowest BCUT2D eigenvalue weighted by Gasteiger charge is -2.27. The second kappa shape index (κ2) is 21.8. The molecule has 0 heterocycles. The average Bonchev–Trinajstić information content (AvgIpc) is 3.11. The van der Waals surface area contributed by atoms with Crippen LogP contribution in [0.4, 0.5) is 4.39 Å². The van der Waals surface area contributed by atoms with E-state index in [2.05, 4.69) is 40.7 Å². The van der Waals surface area contributed by atoms with Crippen LogP contribution in [0.25, 0.3) is 0 Å². The number of nitrogens with one attached hydrogen (secondary N) is 2. The molecule has 49 heavy (non-hydrogen) atoms. The van der Waals surface area contributed by atoms with Crippen molar-refractivity contribution in [3.8, 4) is 17.6 Å². The van der Waals surface area contributed by atoms with Gasteiger partial charge in [0.05, 0.1) is 18.2 Å². The van der Waals surface area contributed by atoms with Crippen molar-refractivity contribution in [3.63, 3.8) is 0 Å². The fraction of sp³-hybridized carbons (Fsp3) is 0.263. The smallest absolute Gasteiger partial charge is 0.321 e. The highest BCUT2D eigenvalue weighted by Crippen LogP contribution is 2.51. The summed E-state index contributed by atoms with van der Waals surface area (Å²) in [6.07, 6.45) is 1.00. The minimum absolute atomic E-state index is 0.0235. The van der Waals surface area contributed by atoms with Gasteiger partial charge in [-0.25, -0.2) is 4.39 Å². The summed E-state index contributed by atoms with van der Waals surface area (Å²) in [6.45, 7) is 5.98. The number of benzene rings is 4. The van der Waals surface area contributed by atoms with E-state index in [0.717, 1.165) is 22.8 Å². The summed E-state index contributed by atoms with van der Waals surface area (Å²) in [7, 11) is 0.437. The highest BCUT2D eigenvalue weighted by molar-refractivity contribution is 7.47. The van der Waals surface area contributed by atoms with Gasteiger partial charge >= 0.3 is 5.97 Å². The lowest BCUT2D eigenvalue weighted by atomic mass is 10.0. The molecule has 0 spiro atoms. The molecule has 4 rings (SSSR count). The number of ether oxygens (including phenoxy) is 1. The first-order valence-electron chi connectivity index (χ1n) is 15.7. The maximum Gasteiger partial charge on any atom is 0.321 e. The fourth-order valence-electron chi connectivity index (χ4n) is 4.51. The molecule has 11 heteroatoms. The van der Waals surface area contributed by atoms with Crippen molar-refractivity contribution >= 4 is 32.2 Å². The lowest BCUT2D eigenvalue weighted by molar-refractivity contribution is -0.139. The second-order valence-electron chi connectivity index (χ2n) is 10.4. The molecule has 4 aromatic rings. The molecule has 4 aromatic carbocycles. The van der Waals surface area contributed by atoms with Gasteiger partial charge in [0.2, 0.25) is 0 Å². The Morgan fingerprint density at radius 1 is 0.959 bits per heavy atom. The largest absolute Gasteiger partial charge is 0.481 e. The minimum Gasteiger partial charge on any atom is -0.481 e. The van der Waals surface area contributed by atoms with Gasteiger partial charge in [-0.2, -0.15) is 0 Å². The van der Waals surface area contributed by atoms with Crippen LogP contribution < -0.4 is 15.4 Å². The van der Waals surface area contributed by atoms with E-state index in [1.165, 1.54) is 17.7 Å². The second-order valence-corrected chi connectivity index (χ2v) is 12.4. The first kappa shape index (κ1) is 39.3. The molecule has 0 saturated carbocycles. The van der Waals surface area contributed by atoms with E-state index in [-0.39, 0.29) is 17.4 Å². The Hall–Kier alpha value is -4.13. The molecular formula is C38H41ClFN2O6P. The Bertz CT molecular complexity index is 1680. The zero-order valence-corrected chi connectivity index (χ0v) is 29.3. The monoisotopic (exact) mass is 706 g/mol. The predicted octanol–water partition coefficient (Wildman–Crippen LogP) is 7.80. The number of carboxylic acids is 1. The fourth-order valence-corrected chi connectivity index (χ4v) is 6.22. The Morgan fingerprint density at radius 2 is 1.67 bits per heavy atom. The van der Waals surface area contributed by atoms with Crippen LogP contribution in [0, 0.1) is 17.7 Å². The van der Waals surface area contributed by atoms with Crippen LogP contribution in [0.2, 0.25) is 5.02 Å². The van der Waals surface area contributed by atoms with Crippen LogP contribution in [0.5, 0.6) is 5.75 Å². The highest BCUT2D eigenvalue weighted by Gasteiger charge is 2.25. The lowest BCUT2D eigenvalue weighted by Crippen LogP contribution is -2.35. The van der Waals surface area contributed by atoms with Crippen molar-refractivity contribution in [2.24, 2.45) is 0 Å². The van der Waals surface area contributed by atoms with Crippen molar-refractivity contribution in [1.29, 1.82) is 0 Å². The number of carboxylic acid groups (broad SMARTS) is 1. The van der Waals surface area contributed by atoms with Crippen LogP contribution in [0.15, 0.2) is 97.1 Å². The summed E-state index contributed by atoms with van der Waals surface area (Å²) in [5, 5.41) is 15.7. The van der Waals surface area contributed by atoms with Crippen LogP contribution in [0.1, 0.15) is 52.2 Å². The topological polar surface area (TPSA) is 106 Å². The van der Waals surface area contributed by atoms with E-state index in [1.807, 2.05) is 74.5 Å². The molecule has 3 N–H and O–H groups in total. The number of halogens is 2. The van der Waals surface area contributed by atoms with Gasteiger partial charge in [0.1, 0.15) is 36.3 Å². The predicted molar refractivity (Wildman–Crippen MR) is 192 cm³/mol. The third kappa shape index (κ3) is 13.7. The Labute approximate surface area is 293 Å². The minimum atomic E-state index is -1.21. The molecule has 0 aromatic heterocycles. The number of hydrogen-bond donors (Lipinski definition) is 3. The number of rotatable bonds is 16. The zero-order chi connectivity index (χ0) is 35.4. The highest BCUT2D eigenvalue weighted by atomic mass is 35.5. The molecule has 0 amide bonds. The molecule has 8 nitrogen and oxygen atoms in total. The molecule has 258 valence electrons. The number of likely N-dealkylation sites (N-methyl/N-ethyl adjacent to an activating group) is 1. The molecule has 2 unspecified atom stereocenters. The van der Waals surface area contributed by atoms with E-state index in [4.69, 9.17) is 25.4 Å². The molecule has 0 aliphatic heterocycles. The van der Waals surface area contributed by atoms with Gasteiger partial charge in [0.15, 0.2) is 8.38 Å². The van der Waals surface area contributed by atoms with Crippen LogP contribution >= 0.6 is 20.0 Å². The summed E-state index contributed by atoms with van der Waals surface area (Å²) in [6, 6.07) is 28.9. The Kier molecular flexibility index (Phi) is 17.5. The van der Waals surface area contributed by atoms with Gasteiger partial charge < -0.3 is 24.2 Å². The Balaban J connectivity index is 0.000000555. The van der Waals surface area contributed by atoms with Crippen LogP contribution in [-0.4, -0.2) is 50.3 Å². The summed E-state index contributed by atoms with van der Waals surface area (Å²) in [4.78, 5) is 21.4. The van der Waals surface area contributed by atoms with Crippen molar-refractivity contribution < 1.29 is 32.9 Å². The zero-order valence-electron chi connectivity index (χ0n) is 27.7. The maximum atomic E-state index is 12.4. The third-order valence-corrected chi connectivity index (χ3v) is 9.09. The number of carbonyl (C=O) groups excluding carboxylic acids is 1. The van der Waals surface area contributed by atoms with Gasteiger partial charge in [-0.1, -0.05) is 78.0 Å². The number of hydrogen-bond acceptors (Lipinski definition) is 7. The normalized spacial score (nSPS) is 11.8. The molecular weight excluding hydrogens is 666 g/mol. The van der Waals surface area contributed by atoms with Gasteiger partial charge in [0, 0.05) is 17.7 Å². The van der Waals surface area contributed by atoms with E-state index in [1.54, 1.807) is 7.05 Å². The summed E-state index contributed by atoms with van der Waals surface area (Å²) in [5.41, 5.74) is 4.31. The number of carbonyl (C=O) groups is 2. The quantitative estimate of drug-likeness (QED) is 0.0616. The number of aliphatic carboxylic acids is 1. The Morgan fingerprint density at radius 3 is 2.33 bits per heavy atom. The van der Waals surface area contributed by atoms with E-state index in [9.17, 15) is 19.1 Å². The van der Waals surface area contributed by atoms with Crippen molar-refractivity contribution in [1.82, 2.24) is 10.6 Å². The van der Waals surface area contributed by atoms with Gasteiger partial charge in [-0.3, -0.25) is 14.9 Å². The molecule has 0 radical (unpaired) electrons. The SMILES string of the molecule is CCOP(OCC)C(NCc1ccccc1)c1cccc(OCC#Cc2cccc(CC(NC)C(=O)O)c2)c1.O=Cc1ccc(F)c(Cl)c1. The standard InChI is InChI=1S/C31H37N2O5P.C7H4ClFO/c1-4-37-39(38-5-2)30(33-23-25-12-7-6-8-13-25)27-17-10-18-28(22-27)36-19-11-16-24-14-9-15-26(20-24)21-29(32-3)31(34)35;8-6-3-5(4-10)1-2-7(6)9/h6-10,12-15,17-18,20,22,29-30,32-33H,4-5,19,21,23H2,1-3H3,(H,34,35);1-4H. The summed E-state index contributed by atoms with van der Waals surface area (Å²) in [5.74, 6) is 5.36. The van der Waals surface area contributed by atoms with Crippen LogP contribution in [-0.2, 0) is 26.8 Å². The van der Waals surface area contributed by atoms with Crippen molar-refractivity contribution in [2.75, 3.05) is 26.9 Å². The first-order valence-corrected chi connectivity index (χ1v) is 17.3. The van der Waals surface area contributed by atoms with Gasteiger partial charge in [-0.15, -0.1) is 0 Å². The third-order valence-electron chi connectivity index (χ3n) is 6.88.